The van der Waals surface area contributed by atoms with Crippen LogP contribution in [0.5, 0.6) is 0 Å². The van der Waals surface area contributed by atoms with Gasteiger partial charge in [0.2, 0.25) is 5.91 Å². The van der Waals surface area contributed by atoms with E-state index in [4.69, 9.17) is 0 Å². The molecule has 0 saturated carbocycles. The van der Waals surface area contributed by atoms with E-state index in [-0.39, 0.29) is 42.6 Å². The third-order valence-corrected chi connectivity index (χ3v) is 4.21. The number of carbonyl (C=O) groups excluding carboxylic acids is 1. The molecule has 1 fully saturated rings. The highest BCUT2D eigenvalue weighted by Crippen LogP contribution is 2.16. The van der Waals surface area contributed by atoms with Crippen LogP contribution < -0.4 is 10.6 Å². The van der Waals surface area contributed by atoms with Gasteiger partial charge < -0.3 is 15.2 Å². The number of piperidine rings is 1. The van der Waals surface area contributed by atoms with Crippen LogP contribution >= 0.6 is 24.8 Å². The lowest BCUT2D eigenvalue weighted by Crippen LogP contribution is -2.47. The molecule has 24 heavy (non-hydrogen) atoms. The Morgan fingerprint density at radius 2 is 2.21 bits per heavy atom. The van der Waals surface area contributed by atoms with Crippen LogP contribution in [0.4, 0.5) is 4.39 Å². The first kappa shape index (κ1) is 20.7. The number of nitrogens with one attached hydrogen (secondary N) is 2. The third kappa shape index (κ3) is 4.59. The zero-order chi connectivity index (χ0) is 15.5. The summed E-state index contributed by atoms with van der Waals surface area (Å²) < 4.78 is 15.2. The summed E-state index contributed by atoms with van der Waals surface area (Å²) in [7, 11) is 1.91. The first-order valence-corrected chi connectivity index (χ1v) is 7.77. The number of amides is 1. The van der Waals surface area contributed by atoms with Crippen molar-refractivity contribution >= 4 is 41.8 Å². The minimum Gasteiger partial charge on any atom is -0.354 e. The maximum absolute atomic E-state index is 13.2. The molecule has 1 saturated heterocycles. The summed E-state index contributed by atoms with van der Waals surface area (Å²) in [5.74, 6) is 0.621. The second-order valence-corrected chi connectivity index (χ2v) is 5.76. The van der Waals surface area contributed by atoms with Gasteiger partial charge in [-0.05, 0) is 31.5 Å². The molecule has 1 atom stereocenters. The Balaban J connectivity index is 0.00000144. The minimum atomic E-state index is -0.283. The fourth-order valence-corrected chi connectivity index (χ4v) is 2.94. The zero-order valence-electron chi connectivity index (χ0n) is 13.5. The van der Waals surface area contributed by atoms with Gasteiger partial charge in [-0.15, -0.1) is 24.8 Å². The Morgan fingerprint density at radius 1 is 1.42 bits per heavy atom. The molecule has 1 aromatic carbocycles. The number of carbonyl (C=O) groups is 1. The summed E-state index contributed by atoms with van der Waals surface area (Å²) in [6.45, 7) is 1.45. The van der Waals surface area contributed by atoms with Gasteiger partial charge in [-0.1, -0.05) is 6.42 Å². The number of rotatable bonds is 4. The number of imidazole rings is 1. The van der Waals surface area contributed by atoms with Crippen LogP contribution in [0.25, 0.3) is 11.0 Å². The molecular weight excluding hydrogens is 354 g/mol. The molecule has 1 amide bonds. The van der Waals surface area contributed by atoms with Gasteiger partial charge in [0.05, 0.1) is 17.1 Å². The normalized spacial score (nSPS) is 17.0. The van der Waals surface area contributed by atoms with Crippen molar-refractivity contribution in [1.82, 2.24) is 20.2 Å². The SMILES string of the molecule is Cl.Cl.Cn1c(CCNC(=O)[C@H]2CCCCN2)nc2cc(F)ccc21. The largest absolute Gasteiger partial charge is 0.354 e. The molecule has 8 heteroatoms. The monoisotopic (exact) mass is 376 g/mol. The highest BCUT2D eigenvalue weighted by atomic mass is 35.5. The molecule has 0 bridgehead atoms. The average molecular weight is 377 g/mol. The fraction of sp³-hybridized carbons (Fsp3) is 0.500. The van der Waals surface area contributed by atoms with Gasteiger partial charge in [-0.25, -0.2) is 9.37 Å². The molecule has 5 nitrogen and oxygen atoms in total. The quantitative estimate of drug-likeness (QED) is 0.860. The summed E-state index contributed by atoms with van der Waals surface area (Å²) in [6.07, 6.45) is 3.77. The molecule has 3 rings (SSSR count). The van der Waals surface area contributed by atoms with E-state index in [1.807, 2.05) is 11.6 Å². The number of halogens is 3. The van der Waals surface area contributed by atoms with E-state index in [0.717, 1.165) is 37.1 Å². The predicted octanol–water partition coefficient (Wildman–Crippen LogP) is 2.36. The Labute approximate surface area is 153 Å². The van der Waals surface area contributed by atoms with Gasteiger partial charge in [-0.2, -0.15) is 0 Å². The Hall–Kier alpha value is -1.37. The first-order chi connectivity index (χ1) is 10.6. The van der Waals surface area contributed by atoms with Crippen LogP contribution in [-0.2, 0) is 18.3 Å². The maximum atomic E-state index is 13.2. The van der Waals surface area contributed by atoms with Crippen molar-refractivity contribution in [2.45, 2.75) is 31.7 Å². The average Bonchev–Trinajstić information content (AvgIpc) is 2.83. The number of hydrogen-bond donors (Lipinski definition) is 2. The Morgan fingerprint density at radius 3 is 2.92 bits per heavy atom. The second-order valence-electron chi connectivity index (χ2n) is 5.76. The van der Waals surface area contributed by atoms with Gasteiger partial charge in [0.1, 0.15) is 11.6 Å². The Kier molecular flexibility index (Phi) is 7.93. The third-order valence-electron chi connectivity index (χ3n) is 4.21. The summed E-state index contributed by atoms with van der Waals surface area (Å²) >= 11 is 0. The molecular formula is C16H23Cl2FN4O. The van der Waals surface area contributed by atoms with Crippen molar-refractivity contribution in [2.24, 2.45) is 7.05 Å². The van der Waals surface area contributed by atoms with Crippen LogP contribution in [0.1, 0.15) is 25.1 Å². The second kappa shape index (κ2) is 9.20. The molecule has 0 spiro atoms. The standard InChI is InChI=1S/C16H21FN4O.2ClH/c1-21-14-6-5-11(17)10-13(14)20-15(21)7-9-19-16(22)12-4-2-3-8-18-12;;/h5-6,10,12,18H,2-4,7-9H2,1H3,(H,19,22);2*1H/t12-;;/m1../s1. The highest BCUT2D eigenvalue weighted by molar-refractivity contribution is 5.85. The number of fused-ring (bicyclic) bond motifs is 1. The zero-order valence-corrected chi connectivity index (χ0v) is 15.2. The van der Waals surface area contributed by atoms with E-state index in [1.165, 1.54) is 12.1 Å². The molecule has 1 aliphatic rings. The maximum Gasteiger partial charge on any atom is 0.237 e. The van der Waals surface area contributed by atoms with E-state index in [0.29, 0.717) is 18.5 Å². The molecule has 2 N–H and O–H groups in total. The molecule has 134 valence electrons. The van der Waals surface area contributed by atoms with E-state index in [2.05, 4.69) is 15.6 Å². The highest BCUT2D eigenvalue weighted by Gasteiger charge is 2.20. The molecule has 1 aliphatic heterocycles. The van der Waals surface area contributed by atoms with E-state index in [1.54, 1.807) is 6.07 Å². The summed E-state index contributed by atoms with van der Waals surface area (Å²) in [6, 6.07) is 4.53. The number of nitrogens with zero attached hydrogens (tertiary/aromatic N) is 2. The van der Waals surface area contributed by atoms with E-state index < -0.39 is 0 Å². The molecule has 0 aliphatic carbocycles. The van der Waals surface area contributed by atoms with Crippen LogP contribution in [0.15, 0.2) is 18.2 Å². The lowest BCUT2D eigenvalue weighted by Gasteiger charge is -2.22. The number of benzene rings is 1. The van der Waals surface area contributed by atoms with Crippen molar-refractivity contribution in [3.05, 3.63) is 29.8 Å². The van der Waals surface area contributed by atoms with Crippen LogP contribution in [0.2, 0.25) is 0 Å². The van der Waals surface area contributed by atoms with Gasteiger partial charge in [0.15, 0.2) is 0 Å². The van der Waals surface area contributed by atoms with Gasteiger partial charge in [0, 0.05) is 26.1 Å². The van der Waals surface area contributed by atoms with E-state index in [9.17, 15) is 9.18 Å². The molecule has 1 aromatic heterocycles. The van der Waals surface area contributed by atoms with E-state index >= 15 is 0 Å². The molecule has 2 heterocycles. The number of aromatic nitrogens is 2. The predicted molar refractivity (Wildman–Crippen MR) is 97.5 cm³/mol. The van der Waals surface area contributed by atoms with Crippen molar-refractivity contribution in [2.75, 3.05) is 13.1 Å². The van der Waals surface area contributed by atoms with Crippen molar-refractivity contribution in [3.8, 4) is 0 Å². The number of hydrogen-bond acceptors (Lipinski definition) is 3. The van der Waals surface area contributed by atoms with Crippen molar-refractivity contribution in [1.29, 1.82) is 0 Å². The van der Waals surface area contributed by atoms with Gasteiger partial charge >= 0.3 is 0 Å². The topological polar surface area (TPSA) is 59.0 Å². The minimum absolute atomic E-state index is 0. The smallest absolute Gasteiger partial charge is 0.237 e. The number of aryl methyl sites for hydroxylation is 1. The van der Waals surface area contributed by atoms with Crippen LogP contribution in [0, 0.1) is 5.82 Å². The fourth-order valence-electron chi connectivity index (χ4n) is 2.94. The summed E-state index contributed by atoms with van der Waals surface area (Å²) in [5.41, 5.74) is 1.55. The van der Waals surface area contributed by atoms with Crippen LogP contribution in [0.3, 0.4) is 0 Å². The van der Waals surface area contributed by atoms with Gasteiger partial charge in [0.25, 0.3) is 0 Å². The van der Waals surface area contributed by atoms with Crippen molar-refractivity contribution in [3.63, 3.8) is 0 Å². The van der Waals surface area contributed by atoms with Gasteiger partial charge in [-0.3, -0.25) is 4.79 Å². The Bertz CT molecular complexity index is 686. The van der Waals surface area contributed by atoms with Crippen LogP contribution in [-0.4, -0.2) is 34.6 Å². The molecule has 0 unspecified atom stereocenters. The summed E-state index contributed by atoms with van der Waals surface area (Å²) in [4.78, 5) is 16.5. The first-order valence-electron chi connectivity index (χ1n) is 7.77. The molecule has 0 radical (unpaired) electrons. The summed E-state index contributed by atoms with van der Waals surface area (Å²) in [5, 5.41) is 6.19. The lowest BCUT2D eigenvalue weighted by molar-refractivity contribution is -0.123. The lowest BCUT2D eigenvalue weighted by atomic mass is 10.0. The van der Waals surface area contributed by atoms with Crippen molar-refractivity contribution < 1.29 is 9.18 Å². The molecule has 2 aromatic rings.